The van der Waals surface area contributed by atoms with Gasteiger partial charge in [-0.15, -0.1) is 11.3 Å². The first-order chi connectivity index (χ1) is 7.53. The highest BCUT2D eigenvalue weighted by molar-refractivity contribution is 7.91. The molecule has 1 aliphatic heterocycles. The highest BCUT2D eigenvalue weighted by atomic mass is 32.2. The van der Waals surface area contributed by atoms with Gasteiger partial charge in [0.2, 0.25) is 0 Å². The van der Waals surface area contributed by atoms with E-state index in [-0.39, 0.29) is 10.8 Å². The van der Waals surface area contributed by atoms with Gasteiger partial charge >= 0.3 is 0 Å². The Labute approximate surface area is 97.4 Å². The molecule has 0 radical (unpaired) electrons. The second kappa shape index (κ2) is 4.15. The maximum absolute atomic E-state index is 12.1. The number of sulfonamides is 1. The van der Waals surface area contributed by atoms with Crippen LogP contribution >= 0.6 is 11.3 Å². The summed E-state index contributed by atoms with van der Waals surface area (Å²) in [5, 5.41) is 12.5. The molecule has 0 N–H and O–H groups in total. The molecule has 16 heavy (non-hydrogen) atoms. The number of carboxylic acids is 1. The average Bonchev–Trinajstić information content (AvgIpc) is 2.89. The lowest BCUT2D eigenvalue weighted by Crippen LogP contribution is -2.46. The van der Waals surface area contributed by atoms with Crippen LogP contribution in [0.3, 0.4) is 0 Å². The van der Waals surface area contributed by atoms with Gasteiger partial charge in [-0.25, -0.2) is 8.42 Å². The summed E-state index contributed by atoms with van der Waals surface area (Å²) in [4.78, 5) is 10.8. The molecule has 0 unspecified atom stereocenters. The molecule has 1 saturated heterocycles. The largest absolute Gasteiger partial charge is 0.548 e. The molecule has 1 atom stereocenters. The van der Waals surface area contributed by atoms with Crippen LogP contribution in [0.4, 0.5) is 0 Å². The number of thiophene rings is 1. The van der Waals surface area contributed by atoms with Crippen LogP contribution in [0, 0.1) is 0 Å². The molecule has 88 valence electrons. The molecule has 2 heterocycles. The predicted octanol–water partition coefficient (Wildman–Crippen LogP) is -0.349. The van der Waals surface area contributed by atoms with Crippen molar-refractivity contribution < 1.29 is 18.3 Å². The highest BCUT2D eigenvalue weighted by Gasteiger charge is 2.36. The molecule has 2 rings (SSSR count). The molecule has 0 amide bonds. The Bertz CT molecular complexity index is 480. The number of hydrogen-bond acceptors (Lipinski definition) is 5. The lowest BCUT2D eigenvalue weighted by molar-refractivity contribution is -0.309. The standard InChI is InChI=1S/C9H11NO4S2/c11-9(12)7-3-1-5-10(7)16(13,14)8-4-2-6-15-8/h2,4,6-7H,1,3,5H2,(H,11,12)/p-1/t7-/m1/s1. The van der Waals surface area contributed by atoms with Gasteiger partial charge in [0.05, 0.1) is 12.0 Å². The highest BCUT2D eigenvalue weighted by Crippen LogP contribution is 2.28. The molecule has 0 saturated carbocycles. The maximum Gasteiger partial charge on any atom is 0.253 e. The third kappa shape index (κ3) is 1.85. The van der Waals surface area contributed by atoms with E-state index in [9.17, 15) is 18.3 Å². The van der Waals surface area contributed by atoms with E-state index in [0.29, 0.717) is 12.8 Å². The third-order valence-corrected chi connectivity index (χ3v) is 5.82. The minimum absolute atomic E-state index is 0.181. The number of aliphatic carboxylic acids is 1. The number of rotatable bonds is 3. The van der Waals surface area contributed by atoms with Crippen LogP contribution < -0.4 is 5.11 Å². The molecule has 1 fully saturated rings. The summed E-state index contributed by atoms with van der Waals surface area (Å²) in [5.41, 5.74) is 0. The summed E-state index contributed by atoms with van der Waals surface area (Å²) in [7, 11) is -3.66. The fourth-order valence-electron chi connectivity index (χ4n) is 1.79. The van der Waals surface area contributed by atoms with Crippen molar-refractivity contribution >= 4 is 27.3 Å². The van der Waals surface area contributed by atoms with E-state index in [1.807, 2.05) is 0 Å². The van der Waals surface area contributed by atoms with Crippen LogP contribution in [0.25, 0.3) is 0 Å². The number of carbonyl (C=O) groups excluding carboxylic acids is 1. The number of hydrogen-bond donors (Lipinski definition) is 0. The molecule has 7 heteroatoms. The Balaban J connectivity index is 2.34. The Morgan fingerprint density at radius 1 is 1.56 bits per heavy atom. The van der Waals surface area contributed by atoms with Gasteiger partial charge in [-0.1, -0.05) is 6.07 Å². The van der Waals surface area contributed by atoms with Crippen LogP contribution in [0.2, 0.25) is 0 Å². The minimum atomic E-state index is -3.66. The van der Waals surface area contributed by atoms with Gasteiger partial charge in [0.25, 0.3) is 10.0 Å². The summed E-state index contributed by atoms with van der Waals surface area (Å²) < 4.78 is 25.3. The Hall–Kier alpha value is -0.920. The van der Waals surface area contributed by atoms with E-state index in [2.05, 4.69) is 0 Å². The molecule has 5 nitrogen and oxygen atoms in total. The maximum atomic E-state index is 12.1. The molecular formula is C9H10NO4S2-. The summed E-state index contributed by atoms with van der Waals surface area (Å²) in [6.07, 6.45) is 0.885. The third-order valence-electron chi connectivity index (χ3n) is 2.53. The van der Waals surface area contributed by atoms with Gasteiger partial charge in [0.1, 0.15) is 4.21 Å². The van der Waals surface area contributed by atoms with Gasteiger partial charge in [-0.2, -0.15) is 4.31 Å². The predicted molar refractivity (Wildman–Crippen MR) is 56.2 cm³/mol. The van der Waals surface area contributed by atoms with Crippen molar-refractivity contribution in [1.82, 2.24) is 4.31 Å². The van der Waals surface area contributed by atoms with Crippen LogP contribution in [0.5, 0.6) is 0 Å². The van der Waals surface area contributed by atoms with E-state index < -0.39 is 22.0 Å². The van der Waals surface area contributed by atoms with Crippen LogP contribution in [0.1, 0.15) is 12.8 Å². The van der Waals surface area contributed by atoms with E-state index >= 15 is 0 Å². The second-order valence-corrected chi connectivity index (χ2v) is 6.59. The van der Waals surface area contributed by atoms with Crippen molar-refractivity contribution in [1.29, 1.82) is 0 Å². The molecule has 0 bridgehead atoms. The van der Waals surface area contributed by atoms with Crippen molar-refractivity contribution in [2.45, 2.75) is 23.1 Å². The van der Waals surface area contributed by atoms with Crippen molar-refractivity contribution in [2.75, 3.05) is 6.54 Å². The smallest absolute Gasteiger partial charge is 0.253 e. The second-order valence-electron chi connectivity index (χ2n) is 3.52. The summed E-state index contributed by atoms with van der Waals surface area (Å²) in [5.74, 6) is -1.32. The van der Waals surface area contributed by atoms with Crippen molar-refractivity contribution in [2.24, 2.45) is 0 Å². The quantitative estimate of drug-likeness (QED) is 0.744. The zero-order valence-corrected chi connectivity index (χ0v) is 9.96. The van der Waals surface area contributed by atoms with Gasteiger partial charge < -0.3 is 9.90 Å². The first-order valence-electron chi connectivity index (χ1n) is 4.79. The molecule has 0 aliphatic carbocycles. The molecule has 0 aromatic carbocycles. The van der Waals surface area contributed by atoms with Crippen molar-refractivity contribution in [3.05, 3.63) is 17.5 Å². The first-order valence-corrected chi connectivity index (χ1v) is 7.11. The lowest BCUT2D eigenvalue weighted by atomic mass is 10.2. The van der Waals surface area contributed by atoms with Gasteiger partial charge in [-0.3, -0.25) is 0 Å². The zero-order chi connectivity index (χ0) is 11.8. The van der Waals surface area contributed by atoms with Crippen molar-refractivity contribution in [3.63, 3.8) is 0 Å². The van der Waals surface area contributed by atoms with Crippen LogP contribution in [-0.2, 0) is 14.8 Å². The Morgan fingerprint density at radius 2 is 2.31 bits per heavy atom. The normalized spacial score (nSPS) is 22.4. The molecule has 0 spiro atoms. The van der Waals surface area contributed by atoms with Gasteiger partial charge in [0.15, 0.2) is 0 Å². The summed E-state index contributed by atoms with van der Waals surface area (Å²) >= 11 is 1.09. The topological polar surface area (TPSA) is 77.5 Å². The molecular weight excluding hydrogens is 250 g/mol. The number of nitrogens with zero attached hydrogens (tertiary/aromatic N) is 1. The van der Waals surface area contributed by atoms with E-state index in [0.717, 1.165) is 15.6 Å². The van der Waals surface area contributed by atoms with Crippen LogP contribution in [-0.4, -0.2) is 31.3 Å². The monoisotopic (exact) mass is 260 g/mol. The van der Waals surface area contributed by atoms with Crippen LogP contribution in [0.15, 0.2) is 21.7 Å². The molecule has 1 aliphatic rings. The first kappa shape index (κ1) is 11.6. The van der Waals surface area contributed by atoms with Gasteiger partial charge in [-0.05, 0) is 24.3 Å². The Kier molecular flexibility index (Phi) is 3.00. The van der Waals surface area contributed by atoms with E-state index in [1.54, 1.807) is 11.4 Å². The minimum Gasteiger partial charge on any atom is -0.548 e. The zero-order valence-electron chi connectivity index (χ0n) is 8.33. The molecule has 1 aromatic rings. The average molecular weight is 260 g/mol. The summed E-state index contributed by atoms with van der Waals surface area (Å²) in [6, 6.07) is 2.08. The van der Waals surface area contributed by atoms with E-state index in [4.69, 9.17) is 0 Å². The fourth-order valence-corrected chi connectivity index (χ4v) is 4.56. The lowest BCUT2D eigenvalue weighted by Gasteiger charge is -2.23. The van der Waals surface area contributed by atoms with Crippen molar-refractivity contribution in [3.8, 4) is 0 Å². The van der Waals surface area contributed by atoms with E-state index in [1.165, 1.54) is 6.07 Å². The number of carbonyl (C=O) groups is 1. The SMILES string of the molecule is O=C([O-])[C@H]1CCCN1S(=O)(=O)c1cccs1. The molecule has 1 aromatic heterocycles. The Morgan fingerprint density at radius 3 is 2.88 bits per heavy atom. The fraction of sp³-hybridized carbons (Fsp3) is 0.444. The summed E-state index contributed by atoms with van der Waals surface area (Å²) in [6.45, 7) is 0.249. The van der Waals surface area contributed by atoms with Gasteiger partial charge in [0, 0.05) is 6.54 Å². The number of carboxylic acid groups (broad SMARTS) is 1.